The van der Waals surface area contributed by atoms with Gasteiger partial charge in [0.2, 0.25) is 0 Å². The van der Waals surface area contributed by atoms with E-state index in [1.807, 2.05) is 10.9 Å². The first-order chi connectivity index (χ1) is 13.2. The number of nitriles is 1. The highest BCUT2D eigenvalue weighted by molar-refractivity contribution is 5.93. The molecule has 6 heteroatoms. The largest absolute Gasteiger partial charge is 0.383 e. The summed E-state index contributed by atoms with van der Waals surface area (Å²) < 4.78 is 15.6. The van der Waals surface area contributed by atoms with E-state index >= 15 is 0 Å². The molecule has 0 unspecified atom stereocenters. The van der Waals surface area contributed by atoms with Gasteiger partial charge in [0.1, 0.15) is 11.9 Å². The standard InChI is InChI=1S/C21H18FN5/c1-14-3-4-15-13-26-27(20(15)9-14)8-2-7-24-21-16(11-23)12-25-19-6-5-17(22)10-18(19)21/h3-6,9-10,12-13H,2,7-8H2,1H3,(H,24,25). The molecule has 5 nitrogen and oxygen atoms in total. The first-order valence-corrected chi connectivity index (χ1v) is 8.80. The van der Waals surface area contributed by atoms with Crippen molar-refractivity contribution in [2.24, 2.45) is 0 Å². The van der Waals surface area contributed by atoms with E-state index in [2.05, 4.69) is 46.6 Å². The zero-order valence-corrected chi connectivity index (χ0v) is 14.9. The lowest BCUT2D eigenvalue weighted by atomic mass is 10.1. The van der Waals surface area contributed by atoms with E-state index in [9.17, 15) is 9.65 Å². The molecule has 0 saturated carbocycles. The van der Waals surface area contributed by atoms with Crippen molar-refractivity contribution in [3.05, 3.63) is 65.7 Å². The van der Waals surface area contributed by atoms with Crippen molar-refractivity contribution in [2.45, 2.75) is 19.9 Å². The Morgan fingerprint density at radius 2 is 2.07 bits per heavy atom. The number of aryl methyl sites for hydroxylation is 2. The lowest BCUT2D eigenvalue weighted by Gasteiger charge is -2.12. The van der Waals surface area contributed by atoms with Crippen LogP contribution in [0.5, 0.6) is 0 Å². The van der Waals surface area contributed by atoms with Crippen molar-refractivity contribution in [1.82, 2.24) is 14.8 Å². The van der Waals surface area contributed by atoms with Crippen LogP contribution in [-0.2, 0) is 6.54 Å². The average Bonchev–Trinajstić information content (AvgIpc) is 3.07. The zero-order chi connectivity index (χ0) is 18.8. The normalized spacial score (nSPS) is 11.0. The van der Waals surface area contributed by atoms with Crippen LogP contribution >= 0.6 is 0 Å². The molecule has 0 aliphatic carbocycles. The number of benzene rings is 2. The molecule has 134 valence electrons. The van der Waals surface area contributed by atoms with E-state index in [1.165, 1.54) is 23.9 Å². The first-order valence-electron chi connectivity index (χ1n) is 8.80. The molecule has 0 amide bonds. The number of fused-ring (bicyclic) bond motifs is 2. The topological polar surface area (TPSA) is 66.5 Å². The molecule has 1 N–H and O–H groups in total. The van der Waals surface area contributed by atoms with Crippen molar-refractivity contribution in [1.29, 1.82) is 5.26 Å². The third-order valence-corrected chi connectivity index (χ3v) is 4.60. The summed E-state index contributed by atoms with van der Waals surface area (Å²) in [6.07, 6.45) is 4.20. The number of pyridine rings is 1. The number of hydrogen-bond acceptors (Lipinski definition) is 4. The minimum Gasteiger partial charge on any atom is -0.383 e. The second-order valence-electron chi connectivity index (χ2n) is 6.53. The van der Waals surface area contributed by atoms with E-state index in [4.69, 9.17) is 0 Å². The molecule has 0 aliphatic heterocycles. The van der Waals surface area contributed by atoms with Gasteiger partial charge in [0, 0.05) is 30.1 Å². The summed E-state index contributed by atoms with van der Waals surface area (Å²) in [5, 5.41) is 18.8. The molecule has 0 atom stereocenters. The highest BCUT2D eigenvalue weighted by Crippen LogP contribution is 2.26. The van der Waals surface area contributed by atoms with Crippen molar-refractivity contribution in [3.63, 3.8) is 0 Å². The smallest absolute Gasteiger partial charge is 0.124 e. The Bertz CT molecular complexity index is 1170. The summed E-state index contributed by atoms with van der Waals surface area (Å²) >= 11 is 0. The lowest BCUT2D eigenvalue weighted by molar-refractivity contribution is 0.610. The molecule has 0 fully saturated rings. The van der Waals surface area contributed by atoms with E-state index in [1.54, 1.807) is 6.07 Å². The maximum absolute atomic E-state index is 13.7. The fraction of sp³-hybridized carbons (Fsp3) is 0.190. The summed E-state index contributed by atoms with van der Waals surface area (Å²) in [4.78, 5) is 4.22. The molecule has 2 aromatic heterocycles. The van der Waals surface area contributed by atoms with Crippen LogP contribution in [0.15, 0.2) is 48.8 Å². The SMILES string of the molecule is Cc1ccc2cnn(CCCNc3c(C#N)cnc4ccc(F)cc34)c2c1. The van der Waals surface area contributed by atoms with Gasteiger partial charge < -0.3 is 5.32 Å². The Labute approximate surface area is 156 Å². The lowest BCUT2D eigenvalue weighted by Crippen LogP contribution is -2.09. The van der Waals surface area contributed by atoms with Crippen molar-refractivity contribution >= 4 is 27.5 Å². The predicted octanol–water partition coefficient (Wildman–Crippen LogP) is 4.41. The van der Waals surface area contributed by atoms with E-state index < -0.39 is 0 Å². The average molecular weight is 359 g/mol. The second-order valence-corrected chi connectivity index (χ2v) is 6.53. The number of halogens is 1. The van der Waals surface area contributed by atoms with Crippen molar-refractivity contribution in [2.75, 3.05) is 11.9 Å². The molecule has 4 rings (SSSR count). The van der Waals surface area contributed by atoms with Gasteiger partial charge in [-0.25, -0.2) is 4.39 Å². The Balaban J connectivity index is 1.51. The quantitative estimate of drug-likeness (QED) is 0.536. The fourth-order valence-electron chi connectivity index (χ4n) is 3.24. The van der Waals surface area contributed by atoms with Gasteiger partial charge in [-0.15, -0.1) is 0 Å². The zero-order valence-electron chi connectivity index (χ0n) is 14.9. The third kappa shape index (κ3) is 3.32. The van der Waals surface area contributed by atoms with E-state index in [0.717, 1.165) is 23.9 Å². The molecule has 4 aromatic rings. The van der Waals surface area contributed by atoms with Crippen LogP contribution in [0.4, 0.5) is 10.1 Å². The summed E-state index contributed by atoms with van der Waals surface area (Å²) in [6, 6.07) is 12.8. The van der Waals surface area contributed by atoms with Gasteiger partial charge in [-0.2, -0.15) is 10.4 Å². The van der Waals surface area contributed by atoms with Crippen LogP contribution < -0.4 is 5.32 Å². The van der Waals surface area contributed by atoms with Gasteiger partial charge in [-0.1, -0.05) is 12.1 Å². The molecular formula is C21H18FN5. The van der Waals surface area contributed by atoms with Gasteiger partial charge in [0.25, 0.3) is 0 Å². The van der Waals surface area contributed by atoms with Crippen LogP contribution in [0.3, 0.4) is 0 Å². The predicted molar refractivity (Wildman–Crippen MR) is 104 cm³/mol. The number of aromatic nitrogens is 3. The second kappa shape index (κ2) is 7.04. The highest BCUT2D eigenvalue weighted by Gasteiger charge is 2.10. The van der Waals surface area contributed by atoms with Gasteiger partial charge in [0.05, 0.1) is 28.5 Å². The number of nitrogens with zero attached hydrogens (tertiary/aromatic N) is 4. The van der Waals surface area contributed by atoms with Crippen LogP contribution in [0.25, 0.3) is 21.8 Å². The third-order valence-electron chi connectivity index (χ3n) is 4.60. The molecule has 0 aliphatic rings. The maximum atomic E-state index is 13.7. The Kier molecular flexibility index (Phi) is 4.43. The molecule has 27 heavy (non-hydrogen) atoms. The fourth-order valence-corrected chi connectivity index (χ4v) is 3.24. The molecule has 0 bridgehead atoms. The van der Waals surface area contributed by atoms with Crippen molar-refractivity contribution < 1.29 is 4.39 Å². The number of rotatable bonds is 5. The van der Waals surface area contributed by atoms with Crippen LogP contribution in [0.2, 0.25) is 0 Å². The Morgan fingerprint density at radius 1 is 1.19 bits per heavy atom. The van der Waals surface area contributed by atoms with Gasteiger partial charge in [-0.05, 0) is 43.2 Å². The van der Waals surface area contributed by atoms with Crippen molar-refractivity contribution in [3.8, 4) is 6.07 Å². The van der Waals surface area contributed by atoms with E-state index in [-0.39, 0.29) is 5.82 Å². The highest BCUT2D eigenvalue weighted by atomic mass is 19.1. The molecule has 2 heterocycles. The van der Waals surface area contributed by atoms with Gasteiger partial charge in [-0.3, -0.25) is 9.67 Å². The molecule has 0 spiro atoms. The number of anilines is 1. The van der Waals surface area contributed by atoms with Crippen LogP contribution in [-0.4, -0.2) is 21.3 Å². The summed E-state index contributed by atoms with van der Waals surface area (Å²) in [5.41, 5.74) is 4.01. The van der Waals surface area contributed by atoms with Crippen LogP contribution in [0.1, 0.15) is 17.5 Å². The number of hydrogen-bond donors (Lipinski definition) is 1. The molecule has 2 aromatic carbocycles. The minimum atomic E-state index is -0.346. The van der Waals surface area contributed by atoms with Gasteiger partial charge >= 0.3 is 0 Å². The Hall–Kier alpha value is -3.46. The first kappa shape index (κ1) is 17.0. The summed E-state index contributed by atoms with van der Waals surface area (Å²) in [5.74, 6) is -0.346. The number of nitrogens with one attached hydrogen (secondary N) is 1. The Morgan fingerprint density at radius 3 is 2.93 bits per heavy atom. The monoisotopic (exact) mass is 359 g/mol. The molecular weight excluding hydrogens is 341 g/mol. The molecule has 0 radical (unpaired) electrons. The van der Waals surface area contributed by atoms with Crippen LogP contribution in [0, 0.1) is 24.1 Å². The minimum absolute atomic E-state index is 0.346. The summed E-state index contributed by atoms with van der Waals surface area (Å²) in [6.45, 7) is 3.45. The maximum Gasteiger partial charge on any atom is 0.124 e. The molecule has 0 saturated heterocycles. The van der Waals surface area contributed by atoms with Gasteiger partial charge in [0.15, 0.2) is 0 Å². The summed E-state index contributed by atoms with van der Waals surface area (Å²) in [7, 11) is 0. The van der Waals surface area contributed by atoms with E-state index in [0.29, 0.717) is 28.7 Å².